The van der Waals surface area contributed by atoms with Crippen LogP contribution in [0.4, 0.5) is 10.8 Å². The van der Waals surface area contributed by atoms with Gasteiger partial charge in [-0.05, 0) is 53.2 Å². The molecule has 2 heterocycles. The first-order valence-corrected chi connectivity index (χ1v) is 8.20. The number of ether oxygens (including phenoxy) is 1. The number of benzene rings is 2. The normalized spacial score (nSPS) is 11.1. The molecule has 0 spiro atoms. The van der Waals surface area contributed by atoms with Crippen LogP contribution in [0, 0.1) is 0 Å². The van der Waals surface area contributed by atoms with Gasteiger partial charge in [0, 0.05) is 10.4 Å². The summed E-state index contributed by atoms with van der Waals surface area (Å²) in [5, 5.41) is 7.65. The van der Waals surface area contributed by atoms with Crippen LogP contribution in [0.3, 0.4) is 0 Å². The molecule has 0 saturated heterocycles. The molecule has 2 aromatic heterocycles. The number of anilines is 2. The van der Waals surface area contributed by atoms with Crippen LogP contribution in [0.25, 0.3) is 20.3 Å². The second kappa shape index (κ2) is 5.02. The van der Waals surface area contributed by atoms with Crippen molar-refractivity contribution in [2.24, 2.45) is 0 Å². The summed E-state index contributed by atoms with van der Waals surface area (Å²) in [5.74, 6) is 0.859. The van der Waals surface area contributed by atoms with Crippen molar-refractivity contribution in [1.29, 1.82) is 0 Å². The molecule has 0 amide bonds. The first-order valence-electron chi connectivity index (χ1n) is 6.51. The lowest BCUT2D eigenvalue weighted by Crippen LogP contribution is -1.88. The van der Waals surface area contributed by atoms with E-state index in [1.807, 2.05) is 18.2 Å². The Morgan fingerprint density at radius 1 is 1.05 bits per heavy atom. The second-order valence-corrected chi connectivity index (χ2v) is 6.63. The molecule has 0 radical (unpaired) electrons. The minimum absolute atomic E-state index is 0.859. The minimum Gasteiger partial charge on any atom is -0.497 e. The number of methoxy groups -OCH3 is 1. The van der Waals surface area contributed by atoms with E-state index in [1.165, 1.54) is 10.1 Å². The zero-order valence-electron chi connectivity index (χ0n) is 11.3. The molecule has 0 aliphatic heterocycles. The number of thiophene rings is 1. The van der Waals surface area contributed by atoms with E-state index in [1.54, 1.807) is 29.8 Å². The Morgan fingerprint density at radius 3 is 2.90 bits per heavy atom. The number of nitrogens with zero attached hydrogens (tertiary/aromatic N) is 1. The van der Waals surface area contributed by atoms with E-state index in [4.69, 9.17) is 4.74 Å². The van der Waals surface area contributed by atoms with Gasteiger partial charge in [-0.1, -0.05) is 11.3 Å². The Bertz CT molecular complexity index is 926. The predicted molar refractivity (Wildman–Crippen MR) is 91.3 cm³/mol. The molecule has 0 aliphatic rings. The third-order valence-electron chi connectivity index (χ3n) is 3.30. The number of aromatic nitrogens is 1. The lowest BCUT2D eigenvalue weighted by atomic mass is 10.2. The van der Waals surface area contributed by atoms with Crippen LogP contribution < -0.4 is 10.1 Å². The molecule has 0 unspecified atom stereocenters. The summed E-state index contributed by atoms with van der Waals surface area (Å²) in [5.41, 5.74) is 2.05. The van der Waals surface area contributed by atoms with Gasteiger partial charge in [0.05, 0.1) is 17.3 Å². The van der Waals surface area contributed by atoms with Crippen LogP contribution in [0.2, 0.25) is 0 Å². The monoisotopic (exact) mass is 312 g/mol. The smallest absolute Gasteiger partial charge is 0.188 e. The van der Waals surface area contributed by atoms with E-state index in [0.717, 1.165) is 26.8 Å². The third kappa shape index (κ3) is 2.34. The number of hydrogen-bond donors (Lipinski definition) is 1. The van der Waals surface area contributed by atoms with Crippen molar-refractivity contribution < 1.29 is 4.74 Å². The molecule has 104 valence electrons. The van der Waals surface area contributed by atoms with Crippen LogP contribution in [-0.4, -0.2) is 12.1 Å². The first kappa shape index (κ1) is 12.6. The minimum atomic E-state index is 0.859. The number of thiazole rings is 1. The Kier molecular flexibility index (Phi) is 3.02. The van der Waals surface area contributed by atoms with Crippen molar-refractivity contribution in [3.05, 3.63) is 47.8 Å². The predicted octanol–water partition coefficient (Wildman–Crippen LogP) is 5.26. The molecule has 3 nitrogen and oxygen atoms in total. The second-order valence-electron chi connectivity index (χ2n) is 4.65. The van der Waals surface area contributed by atoms with E-state index >= 15 is 0 Å². The van der Waals surface area contributed by atoms with Crippen molar-refractivity contribution in [3.8, 4) is 5.75 Å². The van der Waals surface area contributed by atoms with E-state index in [0.29, 0.717) is 0 Å². The maximum Gasteiger partial charge on any atom is 0.188 e. The fraction of sp³-hybridized carbons (Fsp3) is 0.0625. The topological polar surface area (TPSA) is 34.1 Å². The maximum atomic E-state index is 5.25. The van der Waals surface area contributed by atoms with Gasteiger partial charge in [0.15, 0.2) is 5.13 Å². The molecule has 0 aliphatic carbocycles. The van der Waals surface area contributed by atoms with Crippen LogP contribution in [0.15, 0.2) is 47.8 Å². The summed E-state index contributed by atoms with van der Waals surface area (Å²) in [6.45, 7) is 0. The SMILES string of the molecule is COc1ccc2nc(Nc3ccc4sccc4c3)sc2c1. The molecule has 0 fully saturated rings. The summed E-state index contributed by atoms with van der Waals surface area (Å²) in [6.07, 6.45) is 0. The van der Waals surface area contributed by atoms with Gasteiger partial charge in [0.1, 0.15) is 5.75 Å². The van der Waals surface area contributed by atoms with Gasteiger partial charge in [-0.25, -0.2) is 4.98 Å². The Labute approximate surface area is 129 Å². The highest BCUT2D eigenvalue weighted by atomic mass is 32.1. The number of nitrogens with one attached hydrogen (secondary N) is 1. The largest absolute Gasteiger partial charge is 0.497 e. The zero-order valence-corrected chi connectivity index (χ0v) is 12.9. The van der Waals surface area contributed by atoms with Crippen molar-refractivity contribution in [1.82, 2.24) is 4.98 Å². The average Bonchev–Trinajstić information content (AvgIpc) is 3.11. The summed E-state index contributed by atoms with van der Waals surface area (Å²) < 4.78 is 7.67. The molecule has 2 aromatic carbocycles. The molecule has 4 rings (SSSR count). The van der Waals surface area contributed by atoms with Crippen LogP contribution in [0.1, 0.15) is 0 Å². The molecule has 21 heavy (non-hydrogen) atoms. The quantitative estimate of drug-likeness (QED) is 0.560. The highest BCUT2D eigenvalue weighted by Gasteiger charge is 2.06. The van der Waals surface area contributed by atoms with Crippen LogP contribution in [-0.2, 0) is 0 Å². The van der Waals surface area contributed by atoms with Crippen LogP contribution in [0.5, 0.6) is 5.75 Å². The van der Waals surface area contributed by atoms with Crippen molar-refractivity contribution >= 4 is 53.8 Å². The van der Waals surface area contributed by atoms with Crippen molar-refractivity contribution in [3.63, 3.8) is 0 Å². The van der Waals surface area contributed by atoms with Gasteiger partial charge in [0.2, 0.25) is 0 Å². The van der Waals surface area contributed by atoms with E-state index < -0.39 is 0 Å². The fourth-order valence-electron chi connectivity index (χ4n) is 2.25. The van der Waals surface area contributed by atoms with Gasteiger partial charge < -0.3 is 10.1 Å². The van der Waals surface area contributed by atoms with E-state index in [9.17, 15) is 0 Å². The van der Waals surface area contributed by atoms with E-state index in [-0.39, 0.29) is 0 Å². The molecule has 5 heteroatoms. The number of fused-ring (bicyclic) bond motifs is 2. The van der Waals surface area contributed by atoms with Gasteiger partial charge >= 0.3 is 0 Å². The molecule has 0 atom stereocenters. The Balaban J connectivity index is 1.69. The molecular weight excluding hydrogens is 300 g/mol. The molecule has 0 saturated carbocycles. The van der Waals surface area contributed by atoms with E-state index in [2.05, 4.69) is 39.9 Å². The maximum absolute atomic E-state index is 5.25. The fourth-order valence-corrected chi connectivity index (χ4v) is 3.94. The van der Waals surface area contributed by atoms with Gasteiger partial charge in [-0.15, -0.1) is 11.3 Å². The van der Waals surface area contributed by atoms with Crippen LogP contribution >= 0.6 is 22.7 Å². The van der Waals surface area contributed by atoms with Gasteiger partial charge in [-0.3, -0.25) is 0 Å². The molecule has 0 bridgehead atoms. The number of hydrogen-bond acceptors (Lipinski definition) is 5. The van der Waals surface area contributed by atoms with Crippen molar-refractivity contribution in [2.45, 2.75) is 0 Å². The molecule has 4 aromatic rings. The lowest BCUT2D eigenvalue weighted by Gasteiger charge is -2.01. The Morgan fingerprint density at radius 2 is 2.00 bits per heavy atom. The molecular formula is C16H12N2OS2. The highest BCUT2D eigenvalue weighted by Crippen LogP contribution is 2.32. The Hall–Kier alpha value is -2.11. The first-order chi connectivity index (χ1) is 10.3. The average molecular weight is 312 g/mol. The zero-order chi connectivity index (χ0) is 14.2. The molecule has 1 N–H and O–H groups in total. The highest BCUT2D eigenvalue weighted by molar-refractivity contribution is 7.22. The summed E-state index contributed by atoms with van der Waals surface area (Å²) in [6, 6.07) is 14.4. The summed E-state index contributed by atoms with van der Waals surface area (Å²) >= 11 is 3.39. The van der Waals surface area contributed by atoms with Crippen molar-refractivity contribution in [2.75, 3.05) is 12.4 Å². The third-order valence-corrected chi connectivity index (χ3v) is 5.13. The number of rotatable bonds is 3. The summed E-state index contributed by atoms with van der Waals surface area (Å²) in [7, 11) is 1.68. The summed E-state index contributed by atoms with van der Waals surface area (Å²) in [4.78, 5) is 4.61. The van der Waals surface area contributed by atoms with Gasteiger partial charge in [-0.2, -0.15) is 0 Å². The lowest BCUT2D eigenvalue weighted by molar-refractivity contribution is 0.415. The standard InChI is InChI=1S/C16H12N2OS2/c1-19-12-3-4-13-15(9-12)21-16(18-13)17-11-2-5-14-10(8-11)6-7-20-14/h2-9H,1H3,(H,17,18). The van der Waals surface area contributed by atoms with Gasteiger partial charge in [0.25, 0.3) is 0 Å².